The molecule has 4 heteroatoms. The molecule has 11 heavy (non-hydrogen) atoms. The third kappa shape index (κ3) is 2.52. The van der Waals surface area contributed by atoms with Gasteiger partial charge in [0.15, 0.2) is 0 Å². The number of hydrogen-bond acceptors (Lipinski definition) is 1. The highest BCUT2D eigenvalue weighted by atomic mass is 35.9. The first-order valence-electron chi connectivity index (χ1n) is 3.07. The molecule has 0 saturated carbocycles. The van der Waals surface area contributed by atoms with E-state index in [-0.39, 0.29) is 0 Å². The third-order valence-corrected chi connectivity index (χ3v) is 3.40. The third-order valence-electron chi connectivity index (χ3n) is 1.33. The van der Waals surface area contributed by atoms with Gasteiger partial charge in [-0.1, -0.05) is 17.7 Å². The largest absolute Gasteiger partial charge is 0.284 e. The summed E-state index contributed by atoms with van der Waals surface area (Å²) in [6.07, 6.45) is 0. The molecule has 0 amide bonds. The SMILES string of the molecule is Cc1ccc(P(=O)(Cl)Cl)cc1. The van der Waals surface area contributed by atoms with E-state index in [9.17, 15) is 4.57 Å². The molecule has 0 saturated heterocycles. The van der Waals surface area contributed by atoms with Crippen LogP contribution >= 0.6 is 28.3 Å². The lowest BCUT2D eigenvalue weighted by molar-refractivity contribution is 0.597. The van der Waals surface area contributed by atoms with Crippen LogP contribution in [0.15, 0.2) is 24.3 Å². The Bertz CT molecular complexity index is 288. The second-order valence-electron chi connectivity index (χ2n) is 2.30. The highest BCUT2D eigenvalue weighted by molar-refractivity contribution is 8.13. The van der Waals surface area contributed by atoms with Crippen molar-refractivity contribution in [1.82, 2.24) is 0 Å². The maximum Gasteiger partial charge on any atom is 0.281 e. The Kier molecular flexibility index (Phi) is 2.64. The van der Waals surface area contributed by atoms with E-state index in [1.807, 2.05) is 19.1 Å². The van der Waals surface area contributed by atoms with Crippen LogP contribution in [0.5, 0.6) is 0 Å². The molecule has 0 heterocycles. The van der Waals surface area contributed by atoms with Gasteiger partial charge in [-0.05, 0) is 41.5 Å². The van der Waals surface area contributed by atoms with Crippen LogP contribution in [0.4, 0.5) is 0 Å². The number of aryl methyl sites for hydroxylation is 1. The van der Waals surface area contributed by atoms with Crippen LogP contribution in [0.2, 0.25) is 0 Å². The molecule has 0 fully saturated rings. The molecule has 0 aromatic heterocycles. The van der Waals surface area contributed by atoms with Gasteiger partial charge >= 0.3 is 0 Å². The molecule has 0 bridgehead atoms. The van der Waals surface area contributed by atoms with Gasteiger partial charge in [-0.3, -0.25) is 4.57 Å². The molecule has 0 aliphatic heterocycles. The first-order chi connectivity index (χ1) is 5.00. The van der Waals surface area contributed by atoms with Crippen molar-refractivity contribution in [2.24, 2.45) is 0 Å². The minimum Gasteiger partial charge on any atom is -0.284 e. The molecular weight excluding hydrogens is 202 g/mol. The van der Waals surface area contributed by atoms with E-state index < -0.39 is 5.85 Å². The summed E-state index contributed by atoms with van der Waals surface area (Å²) < 4.78 is 11.1. The molecule has 0 aliphatic rings. The topological polar surface area (TPSA) is 17.1 Å². The molecule has 0 radical (unpaired) electrons. The fourth-order valence-electron chi connectivity index (χ4n) is 0.718. The van der Waals surface area contributed by atoms with Crippen LogP contribution in [-0.4, -0.2) is 0 Å². The smallest absolute Gasteiger partial charge is 0.281 e. The number of rotatable bonds is 1. The van der Waals surface area contributed by atoms with E-state index in [1.54, 1.807) is 12.1 Å². The molecule has 60 valence electrons. The van der Waals surface area contributed by atoms with Crippen molar-refractivity contribution in [1.29, 1.82) is 0 Å². The quantitative estimate of drug-likeness (QED) is 0.648. The van der Waals surface area contributed by atoms with Crippen molar-refractivity contribution in [3.63, 3.8) is 0 Å². The van der Waals surface area contributed by atoms with Gasteiger partial charge in [-0.25, -0.2) is 0 Å². The lowest BCUT2D eigenvalue weighted by Gasteiger charge is -2.00. The zero-order chi connectivity index (χ0) is 8.48. The summed E-state index contributed by atoms with van der Waals surface area (Å²) in [4.78, 5) is 0. The van der Waals surface area contributed by atoms with Gasteiger partial charge in [0.1, 0.15) is 0 Å². The van der Waals surface area contributed by atoms with Crippen LogP contribution < -0.4 is 5.30 Å². The molecule has 0 spiro atoms. The van der Waals surface area contributed by atoms with Crippen molar-refractivity contribution in [3.05, 3.63) is 29.8 Å². The second kappa shape index (κ2) is 3.18. The Morgan fingerprint density at radius 2 is 1.64 bits per heavy atom. The summed E-state index contributed by atoms with van der Waals surface area (Å²) in [6.45, 7) is 1.94. The summed E-state index contributed by atoms with van der Waals surface area (Å²) in [7, 11) is 0. The van der Waals surface area contributed by atoms with Crippen LogP contribution in [-0.2, 0) is 4.57 Å². The fraction of sp³-hybridized carbons (Fsp3) is 0.143. The maximum atomic E-state index is 11.1. The monoisotopic (exact) mass is 208 g/mol. The van der Waals surface area contributed by atoms with Gasteiger partial charge in [0.25, 0.3) is 5.85 Å². The molecular formula is C7H7Cl2OP. The Labute approximate surface area is 75.3 Å². The minimum atomic E-state index is -3.09. The van der Waals surface area contributed by atoms with Crippen LogP contribution in [0.1, 0.15) is 5.56 Å². The number of halogens is 2. The molecule has 0 atom stereocenters. The summed E-state index contributed by atoms with van der Waals surface area (Å²) in [5.74, 6) is -3.09. The van der Waals surface area contributed by atoms with E-state index in [4.69, 9.17) is 22.5 Å². The van der Waals surface area contributed by atoms with Crippen molar-refractivity contribution in [3.8, 4) is 0 Å². The Hall–Kier alpha value is 0.0300. The summed E-state index contributed by atoms with van der Waals surface area (Å²) in [5, 5.41) is 0.492. The maximum absolute atomic E-state index is 11.1. The Balaban J connectivity index is 3.09. The van der Waals surface area contributed by atoms with Gasteiger partial charge in [0, 0.05) is 5.30 Å². The first-order valence-corrected chi connectivity index (χ1v) is 6.58. The van der Waals surface area contributed by atoms with Crippen molar-refractivity contribution >= 4 is 33.6 Å². The summed E-state index contributed by atoms with van der Waals surface area (Å²) >= 11 is 10.9. The zero-order valence-corrected chi connectivity index (χ0v) is 8.33. The molecule has 0 unspecified atom stereocenters. The minimum absolute atomic E-state index is 0.492. The highest BCUT2D eigenvalue weighted by Gasteiger charge is 2.15. The van der Waals surface area contributed by atoms with Gasteiger partial charge in [-0.2, -0.15) is 0 Å². The lowest BCUT2D eigenvalue weighted by Crippen LogP contribution is -1.95. The Morgan fingerprint density at radius 1 is 1.18 bits per heavy atom. The number of hydrogen-bond donors (Lipinski definition) is 0. The second-order valence-corrected chi connectivity index (χ2v) is 7.11. The van der Waals surface area contributed by atoms with Crippen LogP contribution in [0.3, 0.4) is 0 Å². The molecule has 1 aromatic carbocycles. The average molecular weight is 209 g/mol. The fourth-order valence-corrected chi connectivity index (χ4v) is 1.89. The van der Waals surface area contributed by atoms with Crippen molar-refractivity contribution in [2.45, 2.75) is 6.92 Å². The average Bonchev–Trinajstić information content (AvgIpc) is 1.86. The normalized spacial score (nSPS) is 11.5. The molecule has 1 nitrogen and oxygen atoms in total. The number of benzene rings is 1. The van der Waals surface area contributed by atoms with Crippen molar-refractivity contribution in [2.75, 3.05) is 0 Å². The highest BCUT2D eigenvalue weighted by Crippen LogP contribution is 2.55. The molecule has 1 rings (SSSR count). The van der Waals surface area contributed by atoms with Gasteiger partial charge in [0.05, 0.1) is 0 Å². The standard InChI is InChI=1S/C7H7Cl2OP/c1-6-2-4-7(5-3-6)11(8,9)10/h2-5H,1H3. The van der Waals surface area contributed by atoms with E-state index in [0.717, 1.165) is 5.56 Å². The summed E-state index contributed by atoms with van der Waals surface area (Å²) in [6, 6.07) is 7.01. The summed E-state index contributed by atoms with van der Waals surface area (Å²) in [5.41, 5.74) is 1.09. The first kappa shape index (κ1) is 9.12. The molecule has 0 N–H and O–H groups in total. The Morgan fingerprint density at radius 3 is 2.00 bits per heavy atom. The van der Waals surface area contributed by atoms with Gasteiger partial charge in [0.2, 0.25) is 0 Å². The molecule has 0 aliphatic carbocycles. The predicted octanol–water partition coefficient (Wildman–Crippen LogP) is 3.29. The van der Waals surface area contributed by atoms with Crippen molar-refractivity contribution < 1.29 is 4.57 Å². The molecule has 1 aromatic rings. The lowest BCUT2D eigenvalue weighted by atomic mass is 10.2. The van der Waals surface area contributed by atoms with E-state index in [0.29, 0.717) is 5.30 Å². The van der Waals surface area contributed by atoms with E-state index >= 15 is 0 Å². The predicted molar refractivity (Wildman–Crippen MR) is 50.1 cm³/mol. The van der Waals surface area contributed by atoms with Gasteiger partial charge < -0.3 is 0 Å². The zero-order valence-electron chi connectivity index (χ0n) is 5.92. The van der Waals surface area contributed by atoms with Crippen LogP contribution in [0.25, 0.3) is 0 Å². The van der Waals surface area contributed by atoms with Crippen LogP contribution in [0, 0.1) is 6.92 Å². The van der Waals surface area contributed by atoms with E-state index in [2.05, 4.69) is 0 Å². The van der Waals surface area contributed by atoms with Gasteiger partial charge in [-0.15, -0.1) is 0 Å². The van der Waals surface area contributed by atoms with E-state index in [1.165, 1.54) is 0 Å².